The normalized spacial score (nSPS) is 18.7. The highest BCUT2D eigenvalue weighted by Gasteiger charge is 2.22. The molecule has 0 spiro atoms. The molecule has 0 bridgehead atoms. The second kappa shape index (κ2) is 12.4. The molecule has 0 saturated carbocycles. The number of ether oxygens (including phenoxy) is 1. The van der Waals surface area contributed by atoms with Crippen LogP contribution in [0.4, 0.5) is 0 Å². The topological polar surface area (TPSA) is 43.3 Å². The van der Waals surface area contributed by atoms with E-state index in [9.17, 15) is 0 Å². The Kier molecular flexibility index (Phi) is 11.0. The van der Waals surface area contributed by atoms with Gasteiger partial charge < -0.3 is 19.9 Å². The van der Waals surface area contributed by atoms with E-state index in [-0.39, 0.29) is 24.0 Å². The molecule has 1 aromatic rings. The molecule has 154 valence electrons. The van der Waals surface area contributed by atoms with E-state index >= 15 is 0 Å². The third kappa shape index (κ3) is 7.83. The number of hydrogen-bond acceptors (Lipinski definition) is 4. The van der Waals surface area contributed by atoms with Crippen LogP contribution < -0.4 is 10.1 Å². The molecule has 0 aromatic heterocycles. The van der Waals surface area contributed by atoms with Crippen LogP contribution in [0.3, 0.4) is 0 Å². The minimum absolute atomic E-state index is 0. The Bertz CT molecular complexity index is 583. The molecular weight excluding hydrogens is 453 g/mol. The molecular formula is C20H36IN5O. The lowest BCUT2D eigenvalue weighted by Crippen LogP contribution is -2.51. The highest BCUT2D eigenvalue weighted by atomic mass is 127. The van der Waals surface area contributed by atoms with Crippen LogP contribution in [0.5, 0.6) is 5.75 Å². The van der Waals surface area contributed by atoms with Crippen LogP contribution in [0.1, 0.15) is 12.5 Å². The molecule has 1 aliphatic rings. The molecule has 1 N–H and O–H groups in total. The average molecular weight is 489 g/mol. The number of hydrogen-bond donors (Lipinski definition) is 1. The van der Waals surface area contributed by atoms with Crippen LogP contribution in [0.15, 0.2) is 29.3 Å². The summed E-state index contributed by atoms with van der Waals surface area (Å²) in [6.45, 7) is 10.6. The summed E-state index contributed by atoms with van der Waals surface area (Å²) in [4.78, 5) is 11.8. The molecule has 1 aromatic carbocycles. The average Bonchev–Trinajstić information content (AvgIpc) is 2.62. The molecule has 2 rings (SSSR count). The number of aliphatic imine (C=N–C) groups is 1. The largest absolute Gasteiger partial charge is 0.491 e. The Balaban J connectivity index is 0.00000364. The highest BCUT2D eigenvalue weighted by Crippen LogP contribution is 2.15. The number of aryl methyl sites for hydroxylation is 1. The van der Waals surface area contributed by atoms with Crippen molar-refractivity contribution in [1.29, 1.82) is 0 Å². The van der Waals surface area contributed by atoms with E-state index in [1.165, 1.54) is 5.56 Å². The number of nitrogens with one attached hydrogen (secondary N) is 1. The van der Waals surface area contributed by atoms with Crippen molar-refractivity contribution in [3.8, 4) is 5.75 Å². The van der Waals surface area contributed by atoms with Gasteiger partial charge in [0.25, 0.3) is 0 Å². The van der Waals surface area contributed by atoms with Crippen LogP contribution in [0.2, 0.25) is 0 Å². The van der Waals surface area contributed by atoms with Gasteiger partial charge in [0, 0.05) is 39.3 Å². The zero-order chi connectivity index (χ0) is 18.9. The zero-order valence-corrected chi connectivity index (χ0v) is 19.8. The van der Waals surface area contributed by atoms with Crippen LogP contribution in [0, 0.1) is 6.92 Å². The summed E-state index contributed by atoms with van der Waals surface area (Å²) in [5.41, 5.74) is 1.17. The maximum absolute atomic E-state index is 5.92. The van der Waals surface area contributed by atoms with Gasteiger partial charge in [-0.25, -0.2) is 0 Å². The van der Waals surface area contributed by atoms with Gasteiger partial charge >= 0.3 is 0 Å². The van der Waals surface area contributed by atoms with Crippen LogP contribution in [-0.4, -0.2) is 93.7 Å². The van der Waals surface area contributed by atoms with Gasteiger partial charge in [-0.3, -0.25) is 9.89 Å². The van der Waals surface area contributed by atoms with Crippen LogP contribution >= 0.6 is 24.0 Å². The number of nitrogens with zero attached hydrogens (tertiary/aromatic N) is 4. The second-order valence-electron chi connectivity index (χ2n) is 7.13. The lowest BCUT2D eigenvalue weighted by atomic mass is 10.2. The smallest absolute Gasteiger partial charge is 0.193 e. The van der Waals surface area contributed by atoms with Crippen LogP contribution in [0.25, 0.3) is 0 Å². The number of halogens is 1. The van der Waals surface area contributed by atoms with Gasteiger partial charge in [-0.15, -0.1) is 24.0 Å². The van der Waals surface area contributed by atoms with E-state index < -0.39 is 0 Å². The first-order valence-corrected chi connectivity index (χ1v) is 9.58. The van der Waals surface area contributed by atoms with Crippen LogP contribution in [-0.2, 0) is 0 Å². The first kappa shape index (κ1) is 24.0. The van der Waals surface area contributed by atoms with Gasteiger partial charge in [-0.05, 0) is 39.6 Å². The van der Waals surface area contributed by atoms with E-state index in [4.69, 9.17) is 9.73 Å². The molecule has 1 fully saturated rings. The predicted molar refractivity (Wildman–Crippen MR) is 125 cm³/mol. The van der Waals surface area contributed by atoms with Crippen molar-refractivity contribution in [3.63, 3.8) is 0 Å². The minimum atomic E-state index is 0. The fourth-order valence-corrected chi connectivity index (χ4v) is 3.08. The Labute approximate surface area is 182 Å². The van der Waals surface area contributed by atoms with Gasteiger partial charge in [0.2, 0.25) is 0 Å². The number of benzene rings is 1. The van der Waals surface area contributed by atoms with Crippen molar-refractivity contribution in [3.05, 3.63) is 29.8 Å². The molecule has 1 unspecified atom stereocenters. The van der Waals surface area contributed by atoms with E-state index in [1.54, 1.807) is 0 Å². The van der Waals surface area contributed by atoms with Crippen molar-refractivity contribution in [2.45, 2.75) is 19.9 Å². The van der Waals surface area contributed by atoms with E-state index in [2.05, 4.69) is 61.1 Å². The van der Waals surface area contributed by atoms with Gasteiger partial charge in [0.05, 0.1) is 13.1 Å². The Morgan fingerprint density at radius 3 is 2.74 bits per heavy atom. The lowest BCUT2D eigenvalue weighted by Gasteiger charge is -2.37. The monoisotopic (exact) mass is 489 g/mol. The zero-order valence-electron chi connectivity index (χ0n) is 17.4. The Morgan fingerprint density at radius 1 is 1.30 bits per heavy atom. The van der Waals surface area contributed by atoms with Crippen molar-refractivity contribution in [2.24, 2.45) is 4.99 Å². The fraction of sp³-hybridized carbons (Fsp3) is 0.650. The molecule has 0 aliphatic carbocycles. The SMILES string of the molecule is CCNC(=NCC1CN(C)CCN1C)N(C)CCOc1ccccc1C.I. The minimum Gasteiger partial charge on any atom is -0.491 e. The molecule has 6 nitrogen and oxygen atoms in total. The summed E-state index contributed by atoms with van der Waals surface area (Å²) in [6, 6.07) is 8.60. The number of para-hydroxylation sites is 1. The van der Waals surface area contributed by atoms with Crippen molar-refractivity contribution >= 4 is 29.9 Å². The summed E-state index contributed by atoms with van der Waals surface area (Å²) in [7, 11) is 6.45. The second-order valence-corrected chi connectivity index (χ2v) is 7.13. The molecule has 0 amide bonds. The molecule has 1 aliphatic heterocycles. The number of guanidine groups is 1. The first-order chi connectivity index (χ1) is 12.5. The lowest BCUT2D eigenvalue weighted by molar-refractivity contribution is 0.119. The first-order valence-electron chi connectivity index (χ1n) is 9.58. The third-order valence-electron chi connectivity index (χ3n) is 4.91. The van der Waals surface area contributed by atoms with E-state index in [1.807, 2.05) is 18.2 Å². The summed E-state index contributed by atoms with van der Waals surface area (Å²) in [6.07, 6.45) is 0. The van der Waals surface area contributed by atoms with Gasteiger partial charge in [-0.2, -0.15) is 0 Å². The molecule has 7 heteroatoms. The highest BCUT2D eigenvalue weighted by molar-refractivity contribution is 14.0. The van der Waals surface area contributed by atoms with Gasteiger partial charge in [0.1, 0.15) is 12.4 Å². The van der Waals surface area contributed by atoms with Crippen molar-refractivity contribution in [2.75, 3.05) is 67.0 Å². The predicted octanol–water partition coefficient (Wildman–Crippen LogP) is 2.13. The van der Waals surface area contributed by atoms with Crippen molar-refractivity contribution in [1.82, 2.24) is 20.0 Å². The van der Waals surface area contributed by atoms with Crippen molar-refractivity contribution < 1.29 is 4.74 Å². The number of rotatable bonds is 7. The summed E-state index contributed by atoms with van der Waals surface area (Å²) in [5, 5.41) is 3.40. The summed E-state index contributed by atoms with van der Waals surface area (Å²) < 4.78 is 5.92. The number of likely N-dealkylation sites (N-methyl/N-ethyl adjacent to an activating group) is 3. The van der Waals surface area contributed by atoms with E-state index in [0.29, 0.717) is 12.6 Å². The van der Waals surface area contributed by atoms with E-state index in [0.717, 1.165) is 51.0 Å². The maximum atomic E-state index is 5.92. The van der Waals surface area contributed by atoms with Gasteiger partial charge in [0.15, 0.2) is 5.96 Å². The summed E-state index contributed by atoms with van der Waals surface area (Å²) in [5.74, 6) is 1.90. The standard InChI is InChI=1S/C20H35N5O.HI/c1-6-21-20(22-15-18-16-23(3)11-12-24(18)4)25(5)13-14-26-19-10-8-7-9-17(19)2;/h7-10,18H,6,11-16H2,1-5H3,(H,21,22);1H. The maximum Gasteiger partial charge on any atom is 0.193 e. The number of piperazine rings is 1. The molecule has 27 heavy (non-hydrogen) atoms. The Morgan fingerprint density at radius 2 is 2.04 bits per heavy atom. The summed E-state index contributed by atoms with van der Waals surface area (Å²) >= 11 is 0. The molecule has 1 saturated heterocycles. The molecule has 0 radical (unpaired) electrons. The third-order valence-corrected chi connectivity index (χ3v) is 4.91. The fourth-order valence-electron chi connectivity index (χ4n) is 3.08. The van der Waals surface area contributed by atoms with Gasteiger partial charge in [-0.1, -0.05) is 18.2 Å². The quantitative estimate of drug-likeness (QED) is 0.361. The molecule has 1 atom stereocenters. The Hall–Kier alpha value is -1.06. The molecule has 1 heterocycles.